The van der Waals surface area contributed by atoms with E-state index < -0.39 is 15.9 Å². The molecule has 3 aromatic rings. The zero-order chi connectivity index (χ0) is 21.7. The van der Waals surface area contributed by atoms with Gasteiger partial charge in [-0.3, -0.25) is 9.10 Å². The molecule has 0 bridgehead atoms. The molecule has 3 rings (SSSR count). The van der Waals surface area contributed by atoms with Gasteiger partial charge in [-0.25, -0.2) is 13.8 Å². The molecular formula is C22H23N3O3S2. The summed E-state index contributed by atoms with van der Waals surface area (Å²) in [6, 6.07) is 17.4. The van der Waals surface area contributed by atoms with Crippen LogP contribution in [-0.4, -0.2) is 26.6 Å². The third-order valence-electron chi connectivity index (χ3n) is 4.41. The molecule has 0 saturated carbocycles. The molecule has 0 spiro atoms. The average molecular weight is 442 g/mol. The largest absolute Gasteiger partial charge is 0.271 e. The van der Waals surface area contributed by atoms with Crippen LogP contribution in [0.4, 0.5) is 5.69 Å². The van der Waals surface area contributed by atoms with E-state index in [0.717, 1.165) is 20.3 Å². The van der Waals surface area contributed by atoms with E-state index in [1.165, 1.54) is 11.3 Å². The second-order valence-corrected chi connectivity index (χ2v) is 9.68. The minimum Gasteiger partial charge on any atom is -0.271 e. The average Bonchev–Trinajstić information content (AvgIpc) is 3.25. The number of nitrogens with one attached hydrogen (secondary N) is 1. The number of sulfonamides is 1. The molecule has 6 nitrogen and oxygen atoms in total. The van der Waals surface area contributed by atoms with Crippen molar-refractivity contribution in [2.75, 3.05) is 10.8 Å². The summed E-state index contributed by atoms with van der Waals surface area (Å²) >= 11 is 1.51. The van der Waals surface area contributed by atoms with Crippen LogP contribution in [0.2, 0.25) is 0 Å². The standard InChI is InChI=1S/C22H23N3O3S2/c1-16-9-11-20(12-10-16)30(27,28)25(19-7-4-6-17(2)14-19)15-22(26)24-23-18(3)21-8-5-13-29-21/h4-14H,15H2,1-3H3,(H,24,26)/b23-18-. The number of carbonyl (C=O) groups is 1. The van der Waals surface area contributed by atoms with Crippen molar-refractivity contribution in [2.24, 2.45) is 5.10 Å². The molecule has 1 heterocycles. The van der Waals surface area contributed by atoms with E-state index in [2.05, 4.69) is 10.5 Å². The van der Waals surface area contributed by atoms with Crippen molar-refractivity contribution < 1.29 is 13.2 Å². The first-order valence-corrected chi connectivity index (χ1v) is 11.6. The number of nitrogens with zero attached hydrogens (tertiary/aromatic N) is 2. The van der Waals surface area contributed by atoms with Crippen molar-refractivity contribution in [2.45, 2.75) is 25.7 Å². The minimum absolute atomic E-state index is 0.126. The van der Waals surface area contributed by atoms with Gasteiger partial charge >= 0.3 is 0 Å². The van der Waals surface area contributed by atoms with Gasteiger partial charge < -0.3 is 0 Å². The normalized spacial score (nSPS) is 11.9. The third kappa shape index (κ3) is 5.14. The van der Waals surface area contributed by atoms with Crippen molar-refractivity contribution in [1.82, 2.24) is 5.43 Å². The van der Waals surface area contributed by atoms with Crippen molar-refractivity contribution in [1.29, 1.82) is 0 Å². The molecule has 1 N–H and O–H groups in total. The van der Waals surface area contributed by atoms with Gasteiger partial charge in [0.15, 0.2) is 0 Å². The number of thiophene rings is 1. The first-order chi connectivity index (χ1) is 14.3. The fourth-order valence-corrected chi connectivity index (χ4v) is 4.88. The van der Waals surface area contributed by atoms with E-state index in [0.29, 0.717) is 11.4 Å². The van der Waals surface area contributed by atoms with Gasteiger partial charge in [0.05, 0.1) is 16.3 Å². The molecule has 30 heavy (non-hydrogen) atoms. The van der Waals surface area contributed by atoms with Gasteiger partial charge in [-0.05, 0) is 62.0 Å². The molecule has 0 aliphatic rings. The Morgan fingerprint density at radius 3 is 2.40 bits per heavy atom. The van der Waals surface area contributed by atoms with Crippen LogP contribution < -0.4 is 9.73 Å². The molecular weight excluding hydrogens is 418 g/mol. The van der Waals surface area contributed by atoms with E-state index in [-0.39, 0.29) is 11.4 Å². The van der Waals surface area contributed by atoms with E-state index >= 15 is 0 Å². The van der Waals surface area contributed by atoms with Crippen LogP contribution in [0.15, 0.2) is 76.0 Å². The van der Waals surface area contributed by atoms with Gasteiger partial charge in [-0.2, -0.15) is 5.10 Å². The highest BCUT2D eigenvalue weighted by atomic mass is 32.2. The Morgan fingerprint density at radius 2 is 1.77 bits per heavy atom. The maximum absolute atomic E-state index is 13.3. The molecule has 1 amide bonds. The predicted octanol–water partition coefficient (Wildman–Crippen LogP) is 4.10. The van der Waals surface area contributed by atoms with E-state index in [1.54, 1.807) is 49.4 Å². The number of anilines is 1. The summed E-state index contributed by atoms with van der Waals surface area (Å²) in [5.74, 6) is -0.525. The smallest absolute Gasteiger partial charge is 0.264 e. The molecule has 0 radical (unpaired) electrons. The highest BCUT2D eigenvalue weighted by Crippen LogP contribution is 2.24. The van der Waals surface area contributed by atoms with E-state index in [1.807, 2.05) is 37.4 Å². The lowest BCUT2D eigenvalue weighted by molar-refractivity contribution is -0.119. The van der Waals surface area contributed by atoms with Crippen LogP contribution in [0.25, 0.3) is 0 Å². The summed E-state index contributed by atoms with van der Waals surface area (Å²) in [5, 5.41) is 6.02. The van der Waals surface area contributed by atoms with Gasteiger partial charge in [0.1, 0.15) is 6.54 Å². The van der Waals surface area contributed by atoms with Crippen molar-refractivity contribution >= 4 is 38.7 Å². The van der Waals surface area contributed by atoms with Crippen LogP contribution in [0.5, 0.6) is 0 Å². The number of hydrazone groups is 1. The summed E-state index contributed by atoms with van der Waals surface area (Å²) in [6.45, 7) is 5.15. The zero-order valence-corrected chi connectivity index (χ0v) is 18.6. The molecule has 0 aliphatic heterocycles. The molecule has 156 valence electrons. The van der Waals surface area contributed by atoms with Gasteiger partial charge in [0.25, 0.3) is 15.9 Å². The van der Waals surface area contributed by atoms with E-state index in [4.69, 9.17) is 0 Å². The van der Waals surface area contributed by atoms with Crippen LogP contribution in [0.3, 0.4) is 0 Å². The van der Waals surface area contributed by atoms with Crippen LogP contribution in [0.1, 0.15) is 22.9 Å². The molecule has 2 aromatic carbocycles. The van der Waals surface area contributed by atoms with Gasteiger partial charge in [0, 0.05) is 4.88 Å². The molecule has 0 fully saturated rings. The van der Waals surface area contributed by atoms with Crippen molar-refractivity contribution in [3.05, 3.63) is 82.0 Å². The summed E-state index contributed by atoms with van der Waals surface area (Å²) < 4.78 is 27.8. The Morgan fingerprint density at radius 1 is 1.03 bits per heavy atom. The number of carbonyl (C=O) groups excluding carboxylic acids is 1. The number of amides is 1. The highest BCUT2D eigenvalue weighted by Gasteiger charge is 2.27. The SMILES string of the molecule is C/C(=N/NC(=O)CN(c1cccc(C)c1)S(=O)(=O)c1ccc(C)cc1)c1cccs1. The Bertz CT molecular complexity index is 1150. The molecule has 0 atom stereocenters. The van der Waals surface area contributed by atoms with Crippen LogP contribution in [-0.2, 0) is 14.8 Å². The number of hydrogen-bond acceptors (Lipinski definition) is 5. The fraction of sp³-hybridized carbons (Fsp3) is 0.182. The topological polar surface area (TPSA) is 78.8 Å². The highest BCUT2D eigenvalue weighted by molar-refractivity contribution is 7.92. The molecule has 0 saturated heterocycles. The maximum atomic E-state index is 13.3. The molecule has 8 heteroatoms. The number of aryl methyl sites for hydroxylation is 2. The summed E-state index contributed by atoms with van der Waals surface area (Å²) in [6.07, 6.45) is 0. The van der Waals surface area contributed by atoms with Gasteiger partial charge in [-0.1, -0.05) is 35.9 Å². The van der Waals surface area contributed by atoms with Crippen LogP contribution in [0, 0.1) is 13.8 Å². The number of rotatable bonds is 7. The molecule has 0 aliphatic carbocycles. The van der Waals surface area contributed by atoms with Crippen LogP contribution >= 0.6 is 11.3 Å². The second kappa shape index (κ2) is 9.23. The Kier molecular flexibility index (Phi) is 6.69. The summed E-state index contributed by atoms with van der Waals surface area (Å²) in [4.78, 5) is 13.7. The summed E-state index contributed by atoms with van der Waals surface area (Å²) in [7, 11) is -3.94. The predicted molar refractivity (Wildman–Crippen MR) is 122 cm³/mol. The molecule has 0 unspecified atom stereocenters. The van der Waals surface area contributed by atoms with Gasteiger partial charge in [-0.15, -0.1) is 11.3 Å². The quantitative estimate of drug-likeness (QED) is 0.443. The Balaban J connectivity index is 1.89. The first kappa shape index (κ1) is 21.7. The molecule has 1 aromatic heterocycles. The maximum Gasteiger partial charge on any atom is 0.264 e. The van der Waals surface area contributed by atoms with Gasteiger partial charge in [0.2, 0.25) is 0 Å². The Hall–Kier alpha value is -2.97. The van der Waals surface area contributed by atoms with Crippen molar-refractivity contribution in [3.8, 4) is 0 Å². The number of hydrogen-bond donors (Lipinski definition) is 1. The number of benzene rings is 2. The second-order valence-electron chi connectivity index (χ2n) is 6.87. The monoisotopic (exact) mass is 441 g/mol. The third-order valence-corrected chi connectivity index (χ3v) is 7.18. The first-order valence-electron chi connectivity index (χ1n) is 9.30. The fourth-order valence-electron chi connectivity index (χ4n) is 2.79. The van der Waals surface area contributed by atoms with Crippen molar-refractivity contribution in [3.63, 3.8) is 0 Å². The zero-order valence-electron chi connectivity index (χ0n) is 17.0. The lowest BCUT2D eigenvalue weighted by atomic mass is 10.2. The summed E-state index contributed by atoms with van der Waals surface area (Å²) in [5.41, 5.74) is 5.39. The lowest BCUT2D eigenvalue weighted by Gasteiger charge is -2.24. The van der Waals surface area contributed by atoms with E-state index in [9.17, 15) is 13.2 Å². The lowest BCUT2D eigenvalue weighted by Crippen LogP contribution is -2.39. The minimum atomic E-state index is -3.94. The Labute approximate surface area is 180 Å².